The van der Waals surface area contributed by atoms with Crippen LogP contribution in [0.15, 0.2) is 48.5 Å². The van der Waals surface area contributed by atoms with Crippen molar-refractivity contribution in [2.45, 2.75) is 24.6 Å². The van der Waals surface area contributed by atoms with E-state index in [4.69, 9.17) is 9.47 Å². The lowest BCUT2D eigenvalue weighted by Gasteiger charge is -2.30. The largest absolute Gasteiger partial charge is 0.486 e. The molecule has 0 aliphatic carbocycles. The number of rotatable bonds is 6. The molecule has 1 aliphatic heterocycles. The molecule has 0 spiro atoms. The van der Waals surface area contributed by atoms with E-state index in [2.05, 4.69) is 5.32 Å². The molecule has 1 heterocycles. The van der Waals surface area contributed by atoms with Gasteiger partial charge in [-0.1, -0.05) is 36.4 Å². The fourth-order valence-electron chi connectivity index (χ4n) is 2.96. The van der Waals surface area contributed by atoms with Crippen molar-refractivity contribution < 1.29 is 32.5 Å². The fourth-order valence-corrected chi connectivity index (χ4v) is 2.96. The second-order valence-corrected chi connectivity index (χ2v) is 6.48. The van der Waals surface area contributed by atoms with Gasteiger partial charge >= 0.3 is 6.18 Å². The molecule has 2 aromatic carbocycles. The lowest BCUT2D eigenvalue weighted by Crippen LogP contribution is -2.46. The molecule has 150 valence electrons. The summed E-state index contributed by atoms with van der Waals surface area (Å²) in [5, 5.41) is 12.7. The van der Waals surface area contributed by atoms with Crippen LogP contribution in [0, 0.1) is 0 Å². The molecule has 2 N–H and O–H groups in total. The van der Waals surface area contributed by atoms with Crippen LogP contribution in [0.4, 0.5) is 13.2 Å². The van der Waals surface area contributed by atoms with E-state index >= 15 is 0 Å². The van der Waals surface area contributed by atoms with Crippen LogP contribution in [0.1, 0.15) is 17.5 Å². The van der Waals surface area contributed by atoms with Gasteiger partial charge in [0.25, 0.3) is 0 Å². The van der Waals surface area contributed by atoms with Gasteiger partial charge in [-0.25, -0.2) is 0 Å². The summed E-state index contributed by atoms with van der Waals surface area (Å²) >= 11 is 0. The summed E-state index contributed by atoms with van der Waals surface area (Å²) < 4.78 is 51.2. The monoisotopic (exact) mass is 395 g/mol. The van der Waals surface area contributed by atoms with Gasteiger partial charge in [0.1, 0.15) is 13.2 Å². The summed E-state index contributed by atoms with van der Waals surface area (Å²) in [5.74, 6) is 0.351. The molecule has 28 heavy (non-hydrogen) atoms. The lowest BCUT2D eigenvalue weighted by molar-refractivity contribution is -0.267. The molecule has 2 aromatic rings. The van der Waals surface area contributed by atoms with Gasteiger partial charge in [-0.15, -0.1) is 0 Å². The molecule has 0 radical (unpaired) electrons. The molecule has 1 aliphatic rings. The number of hydrogen-bond donors (Lipinski definition) is 2. The first-order valence-electron chi connectivity index (χ1n) is 8.79. The Morgan fingerprint density at radius 1 is 1.04 bits per heavy atom. The number of ether oxygens (including phenoxy) is 2. The Morgan fingerprint density at radius 2 is 1.71 bits per heavy atom. The highest BCUT2D eigenvalue weighted by atomic mass is 19.4. The van der Waals surface area contributed by atoms with E-state index in [1.807, 2.05) is 0 Å². The van der Waals surface area contributed by atoms with E-state index in [0.717, 1.165) is 17.7 Å². The first-order valence-corrected chi connectivity index (χ1v) is 8.79. The Bertz CT molecular complexity index is 826. The molecule has 1 atom stereocenters. The maximum absolute atomic E-state index is 13.4. The summed E-state index contributed by atoms with van der Waals surface area (Å²) in [7, 11) is 0. The lowest BCUT2D eigenvalue weighted by atomic mass is 9.89. The number of aliphatic hydroxyl groups is 1. The summed E-state index contributed by atoms with van der Waals surface area (Å²) in [6.07, 6.45) is -5.69. The molecule has 0 aromatic heterocycles. The number of hydrogen-bond acceptors (Lipinski definition) is 4. The van der Waals surface area contributed by atoms with Crippen LogP contribution in [0.3, 0.4) is 0 Å². The highest BCUT2D eigenvalue weighted by Crippen LogP contribution is 2.41. The summed E-state index contributed by atoms with van der Waals surface area (Å²) in [6, 6.07) is 11.9. The Kier molecular flexibility index (Phi) is 5.79. The molecule has 0 bridgehead atoms. The average molecular weight is 395 g/mol. The van der Waals surface area contributed by atoms with Crippen molar-refractivity contribution in [1.82, 2.24) is 5.32 Å². The molecule has 3 rings (SSSR count). The number of carbonyl (C=O) groups excluding carboxylic acids is 1. The Morgan fingerprint density at radius 3 is 2.39 bits per heavy atom. The van der Waals surface area contributed by atoms with Gasteiger partial charge in [0.05, 0.1) is 6.42 Å². The number of fused-ring (bicyclic) bond motifs is 1. The van der Waals surface area contributed by atoms with Gasteiger partial charge < -0.3 is 19.9 Å². The van der Waals surface area contributed by atoms with Crippen LogP contribution in [0.25, 0.3) is 0 Å². The SMILES string of the molecule is O=C(C[C@](O)(c1ccccc1)C(F)(F)F)NCCc1ccc2c(c1)OCCO2. The quantitative estimate of drug-likeness (QED) is 0.789. The normalized spacial score (nSPS) is 15.6. The van der Waals surface area contributed by atoms with Gasteiger partial charge in [0.15, 0.2) is 17.1 Å². The minimum absolute atomic E-state index is 0.126. The van der Waals surface area contributed by atoms with E-state index in [9.17, 15) is 23.1 Å². The zero-order valence-electron chi connectivity index (χ0n) is 15.0. The van der Waals surface area contributed by atoms with Crippen LogP contribution in [0.5, 0.6) is 11.5 Å². The molecule has 0 saturated carbocycles. The predicted molar refractivity (Wildman–Crippen MR) is 95.2 cm³/mol. The summed E-state index contributed by atoms with van der Waals surface area (Å²) in [4.78, 5) is 12.1. The number of amides is 1. The van der Waals surface area contributed by atoms with E-state index in [-0.39, 0.29) is 12.1 Å². The molecule has 5 nitrogen and oxygen atoms in total. The van der Waals surface area contributed by atoms with Gasteiger partial charge in [-0.3, -0.25) is 4.79 Å². The molecular weight excluding hydrogens is 375 g/mol. The maximum atomic E-state index is 13.4. The Hall–Kier alpha value is -2.74. The van der Waals surface area contributed by atoms with Crippen molar-refractivity contribution in [2.75, 3.05) is 19.8 Å². The van der Waals surface area contributed by atoms with E-state index < -0.39 is 24.1 Å². The first kappa shape index (κ1) is 20.0. The fraction of sp³-hybridized carbons (Fsp3) is 0.350. The molecule has 1 amide bonds. The van der Waals surface area contributed by atoms with Crippen molar-refractivity contribution in [3.05, 3.63) is 59.7 Å². The standard InChI is InChI=1S/C20H20F3NO4/c21-20(22,23)19(26,15-4-2-1-3-5-15)13-18(25)24-9-8-14-6-7-16-17(12-14)28-11-10-27-16/h1-7,12,26H,8-11,13H2,(H,24,25)/t19-/m0/s1. The van der Waals surface area contributed by atoms with E-state index in [1.165, 1.54) is 18.2 Å². The molecular formula is C20H20F3NO4. The summed E-state index contributed by atoms with van der Waals surface area (Å²) in [6.45, 7) is 1.05. The zero-order valence-corrected chi connectivity index (χ0v) is 15.0. The number of carbonyl (C=O) groups is 1. The zero-order chi connectivity index (χ0) is 20.2. The number of nitrogens with one attached hydrogen (secondary N) is 1. The second kappa shape index (κ2) is 8.10. The topological polar surface area (TPSA) is 67.8 Å². The number of benzene rings is 2. The van der Waals surface area contributed by atoms with Crippen molar-refractivity contribution in [1.29, 1.82) is 0 Å². The third-order valence-electron chi connectivity index (χ3n) is 4.48. The second-order valence-electron chi connectivity index (χ2n) is 6.48. The minimum atomic E-state index is -4.98. The van der Waals surface area contributed by atoms with Gasteiger partial charge in [0.2, 0.25) is 5.91 Å². The van der Waals surface area contributed by atoms with Crippen molar-refractivity contribution >= 4 is 5.91 Å². The van der Waals surface area contributed by atoms with E-state index in [0.29, 0.717) is 31.1 Å². The van der Waals surface area contributed by atoms with Crippen LogP contribution in [0.2, 0.25) is 0 Å². The van der Waals surface area contributed by atoms with Crippen LogP contribution >= 0.6 is 0 Å². The van der Waals surface area contributed by atoms with Gasteiger partial charge in [0, 0.05) is 6.54 Å². The van der Waals surface area contributed by atoms with Crippen molar-refractivity contribution in [2.24, 2.45) is 0 Å². The highest BCUT2D eigenvalue weighted by molar-refractivity contribution is 5.77. The molecule has 0 fully saturated rings. The van der Waals surface area contributed by atoms with Crippen LogP contribution in [-0.2, 0) is 16.8 Å². The average Bonchev–Trinajstić information content (AvgIpc) is 2.67. The number of halogens is 3. The molecule has 0 saturated heterocycles. The van der Waals surface area contributed by atoms with Crippen LogP contribution < -0.4 is 14.8 Å². The van der Waals surface area contributed by atoms with Gasteiger partial charge in [-0.05, 0) is 29.7 Å². The van der Waals surface area contributed by atoms with Crippen molar-refractivity contribution in [3.63, 3.8) is 0 Å². The van der Waals surface area contributed by atoms with Gasteiger partial charge in [-0.2, -0.15) is 13.2 Å². The van der Waals surface area contributed by atoms with E-state index in [1.54, 1.807) is 18.2 Å². The summed E-state index contributed by atoms with van der Waals surface area (Å²) in [5.41, 5.74) is -2.77. The third-order valence-corrected chi connectivity index (χ3v) is 4.48. The highest BCUT2D eigenvalue weighted by Gasteiger charge is 2.55. The van der Waals surface area contributed by atoms with Crippen LogP contribution in [-0.4, -0.2) is 36.9 Å². The Balaban J connectivity index is 1.60. The molecule has 0 unspecified atom stereocenters. The Labute approximate surface area is 160 Å². The third kappa shape index (κ3) is 4.39. The smallest absolute Gasteiger partial charge is 0.421 e. The predicted octanol–water partition coefficient (Wildman–Crippen LogP) is 2.96. The minimum Gasteiger partial charge on any atom is -0.486 e. The maximum Gasteiger partial charge on any atom is 0.421 e. The first-order chi connectivity index (χ1) is 13.3. The van der Waals surface area contributed by atoms with Crippen molar-refractivity contribution in [3.8, 4) is 11.5 Å². The molecule has 8 heteroatoms. The number of alkyl halides is 3.